The summed E-state index contributed by atoms with van der Waals surface area (Å²) in [5.74, 6) is 0.825. The summed E-state index contributed by atoms with van der Waals surface area (Å²) in [6.45, 7) is 3.45. The largest absolute Gasteiger partial charge is 0.496 e. The van der Waals surface area contributed by atoms with Crippen molar-refractivity contribution in [1.82, 2.24) is 0 Å². The fourth-order valence-corrected chi connectivity index (χ4v) is 6.11. The molecule has 1 aliphatic rings. The van der Waals surface area contributed by atoms with Crippen LogP contribution in [0.15, 0.2) is 66.0 Å². The van der Waals surface area contributed by atoms with E-state index in [1.165, 1.54) is 17.4 Å². The van der Waals surface area contributed by atoms with Crippen molar-refractivity contribution in [3.8, 4) is 27.3 Å². The Labute approximate surface area is 222 Å². The summed E-state index contributed by atoms with van der Waals surface area (Å²) in [6, 6.07) is 18.7. The van der Waals surface area contributed by atoms with Gasteiger partial charge in [-0.2, -0.15) is 4.39 Å². The third-order valence-corrected chi connectivity index (χ3v) is 8.81. The highest BCUT2D eigenvalue weighted by molar-refractivity contribution is 7.14. The molecule has 2 heterocycles. The van der Waals surface area contributed by atoms with Crippen LogP contribution in [0, 0.1) is 5.13 Å². The number of methoxy groups -OCH3 is 1. The lowest BCUT2D eigenvalue weighted by atomic mass is 9.90. The number of carbonyl (C=O) groups excluding carboxylic acids is 2. The van der Waals surface area contributed by atoms with Crippen molar-refractivity contribution in [3.63, 3.8) is 0 Å². The molecule has 1 N–H and O–H groups in total. The number of carbonyl (C=O) groups is 2. The Morgan fingerprint density at radius 1 is 1.05 bits per heavy atom. The van der Waals surface area contributed by atoms with Crippen molar-refractivity contribution >= 4 is 40.2 Å². The van der Waals surface area contributed by atoms with Gasteiger partial charge in [0, 0.05) is 16.5 Å². The summed E-state index contributed by atoms with van der Waals surface area (Å²) >= 11 is 2.44. The summed E-state index contributed by atoms with van der Waals surface area (Å²) < 4.78 is 25.5. The molecule has 190 valence electrons. The van der Waals surface area contributed by atoms with Gasteiger partial charge in [0.25, 0.3) is 0 Å². The molecule has 8 heteroatoms. The maximum absolute atomic E-state index is 14.3. The molecule has 2 aromatic heterocycles. The molecule has 0 bridgehead atoms. The first-order valence-corrected chi connectivity index (χ1v) is 13.6. The maximum atomic E-state index is 14.3. The highest BCUT2D eigenvalue weighted by Gasteiger charge is 2.48. The van der Waals surface area contributed by atoms with Gasteiger partial charge in [0.1, 0.15) is 17.6 Å². The molecule has 2 aromatic carbocycles. The van der Waals surface area contributed by atoms with E-state index in [9.17, 15) is 14.0 Å². The Bertz CT molecular complexity index is 1440. The van der Waals surface area contributed by atoms with Gasteiger partial charge < -0.3 is 9.47 Å². The molecule has 5 nitrogen and oxygen atoms in total. The van der Waals surface area contributed by atoms with Gasteiger partial charge in [0.15, 0.2) is 5.13 Å². The number of thiophene rings is 2. The Kier molecular flexibility index (Phi) is 6.88. The SMILES string of the molecule is COc1cc(-c2sc(F)cc2NC(=O)O[C@H](C)c2cccs2)ccc1-c1ccc(C2(C(C)=O)CC2)cc1. The van der Waals surface area contributed by atoms with Gasteiger partial charge in [0.2, 0.25) is 0 Å². The molecule has 4 aromatic rings. The number of hydrogen-bond donors (Lipinski definition) is 1. The van der Waals surface area contributed by atoms with E-state index in [4.69, 9.17) is 9.47 Å². The average Bonchev–Trinajstić information content (AvgIpc) is 3.35. The number of rotatable bonds is 8. The Balaban J connectivity index is 1.38. The third-order valence-electron chi connectivity index (χ3n) is 6.80. The monoisotopic (exact) mass is 535 g/mol. The fourth-order valence-electron chi connectivity index (χ4n) is 4.56. The van der Waals surface area contributed by atoms with E-state index in [1.54, 1.807) is 21.0 Å². The molecule has 0 unspecified atom stereocenters. The first kappa shape index (κ1) is 25.2. The fraction of sp³-hybridized carbons (Fsp3) is 0.241. The smallest absolute Gasteiger partial charge is 0.412 e. The number of amides is 1. The van der Waals surface area contributed by atoms with Crippen LogP contribution in [0.2, 0.25) is 0 Å². The number of halogens is 1. The molecule has 0 saturated heterocycles. The predicted molar refractivity (Wildman–Crippen MR) is 146 cm³/mol. The Morgan fingerprint density at radius 3 is 2.41 bits per heavy atom. The van der Waals surface area contributed by atoms with E-state index in [-0.39, 0.29) is 11.2 Å². The van der Waals surface area contributed by atoms with Crippen LogP contribution in [0.4, 0.5) is 14.9 Å². The first-order chi connectivity index (χ1) is 17.8. The van der Waals surface area contributed by atoms with Crippen LogP contribution in [0.1, 0.15) is 43.2 Å². The van der Waals surface area contributed by atoms with Gasteiger partial charge in [-0.25, -0.2) is 4.79 Å². The Morgan fingerprint density at radius 2 is 1.78 bits per heavy atom. The quantitative estimate of drug-likeness (QED) is 0.247. The molecular weight excluding hydrogens is 509 g/mol. The molecule has 0 radical (unpaired) electrons. The number of ether oxygens (including phenoxy) is 2. The number of nitrogens with one attached hydrogen (secondary N) is 1. The van der Waals surface area contributed by atoms with E-state index in [0.29, 0.717) is 21.9 Å². The summed E-state index contributed by atoms with van der Waals surface area (Å²) in [7, 11) is 1.59. The van der Waals surface area contributed by atoms with Crippen molar-refractivity contribution in [3.05, 3.63) is 81.6 Å². The van der Waals surface area contributed by atoms with Gasteiger partial charge in [0.05, 0.1) is 23.1 Å². The topological polar surface area (TPSA) is 64.6 Å². The van der Waals surface area contributed by atoms with Gasteiger partial charge >= 0.3 is 6.09 Å². The lowest BCUT2D eigenvalue weighted by molar-refractivity contribution is -0.119. The van der Waals surface area contributed by atoms with Crippen LogP contribution in [0.3, 0.4) is 0 Å². The zero-order chi connectivity index (χ0) is 26.2. The van der Waals surface area contributed by atoms with E-state index >= 15 is 0 Å². The molecule has 1 aliphatic carbocycles. The van der Waals surface area contributed by atoms with Crippen LogP contribution in [-0.2, 0) is 14.9 Å². The second kappa shape index (κ2) is 10.1. The van der Waals surface area contributed by atoms with Crippen LogP contribution in [0.25, 0.3) is 21.6 Å². The number of anilines is 1. The molecule has 5 rings (SSSR count). The van der Waals surface area contributed by atoms with Crippen LogP contribution in [-0.4, -0.2) is 19.0 Å². The van der Waals surface area contributed by atoms with Crippen molar-refractivity contribution in [2.75, 3.05) is 12.4 Å². The molecule has 1 fully saturated rings. The first-order valence-electron chi connectivity index (χ1n) is 11.9. The van der Waals surface area contributed by atoms with E-state index in [2.05, 4.69) is 5.32 Å². The molecule has 37 heavy (non-hydrogen) atoms. The molecule has 0 aliphatic heterocycles. The summed E-state index contributed by atoms with van der Waals surface area (Å²) in [4.78, 5) is 26.1. The van der Waals surface area contributed by atoms with Gasteiger partial charge in [-0.3, -0.25) is 10.1 Å². The van der Waals surface area contributed by atoms with Gasteiger partial charge in [-0.15, -0.1) is 22.7 Å². The standard InChI is InChI=1S/C29H26FNO4S2/c1-17(25-5-4-14-36-25)35-28(33)31-23-16-26(30)37-27(23)20-8-11-22(24(15-20)34-3)19-6-9-21(10-7-19)29(12-13-29)18(2)32/h4-11,14-17H,12-13H2,1-3H3,(H,31,33)/t17-/m1/s1. The number of ketones is 1. The molecule has 1 saturated carbocycles. The summed E-state index contributed by atoms with van der Waals surface area (Å²) in [6.07, 6.45) is 0.729. The maximum Gasteiger partial charge on any atom is 0.412 e. The lowest BCUT2D eigenvalue weighted by Gasteiger charge is -2.15. The highest BCUT2D eigenvalue weighted by Crippen LogP contribution is 2.49. The average molecular weight is 536 g/mol. The predicted octanol–water partition coefficient (Wildman–Crippen LogP) is 8.22. The zero-order valence-corrected chi connectivity index (χ0v) is 22.3. The third kappa shape index (κ3) is 5.04. The van der Waals surface area contributed by atoms with E-state index in [1.807, 2.05) is 60.0 Å². The van der Waals surface area contributed by atoms with Crippen molar-refractivity contribution in [2.24, 2.45) is 0 Å². The van der Waals surface area contributed by atoms with Crippen LogP contribution in [0.5, 0.6) is 5.75 Å². The minimum atomic E-state index is -0.650. The highest BCUT2D eigenvalue weighted by atomic mass is 32.1. The van der Waals surface area contributed by atoms with E-state index < -0.39 is 17.3 Å². The molecule has 1 atom stereocenters. The molecule has 1 amide bonds. The Hall–Kier alpha value is -3.49. The van der Waals surface area contributed by atoms with Gasteiger partial charge in [-0.05, 0) is 60.9 Å². The van der Waals surface area contributed by atoms with Gasteiger partial charge in [-0.1, -0.05) is 42.5 Å². The second-order valence-corrected chi connectivity index (χ2v) is 11.1. The zero-order valence-electron chi connectivity index (χ0n) is 20.7. The van der Waals surface area contributed by atoms with Crippen molar-refractivity contribution in [1.29, 1.82) is 0 Å². The molecule has 0 spiro atoms. The normalized spacial score (nSPS) is 14.6. The summed E-state index contributed by atoms with van der Waals surface area (Å²) in [5, 5.41) is 4.18. The summed E-state index contributed by atoms with van der Waals surface area (Å²) in [5.41, 5.74) is 3.60. The molecular formula is C29H26FNO4S2. The van der Waals surface area contributed by atoms with Crippen molar-refractivity contribution in [2.45, 2.75) is 38.2 Å². The van der Waals surface area contributed by atoms with E-state index in [0.717, 1.165) is 45.7 Å². The number of hydrogen-bond acceptors (Lipinski definition) is 6. The second-order valence-electron chi connectivity index (χ2n) is 9.11. The minimum Gasteiger partial charge on any atom is -0.496 e. The number of Topliss-reactive ketones (excluding diaryl/α,β-unsaturated/α-hetero) is 1. The van der Waals surface area contributed by atoms with Crippen molar-refractivity contribution < 1.29 is 23.5 Å². The lowest BCUT2D eigenvalue weighted by Crippen LogP contribution is -2.16. The van der Waals surface area contributed by atoms with Crippen LogP contribution < -0.4 is 10.1 Å². The number of benzene rings is 2. The van der Waals surface area contributed by atoms with Crippen LogP contribution >= 0.6 is 22.7 Å². The minimum absolute atomic E-state index is 0.208.